The van der Waals surface area contributed by atoms with Crippen molar-refractivity contribution in [2.45, 2.75) is 20.4 Å². The molecule has 0 radical (unpaired) electrons. The van der Waals surface area contributed by atoms with Gasteiger partial charge in [0.15, 0.2) is 0 Å². The van der Waals surface area contributed by atoms with Crippen molar-refractivity contribution in [1.29, 1.82) is 0 Å². The number of hydrogen-bond donors (Lipinski definition) is 1. The first-order valence-corrected chi connectivity index (χ1v) is 4.81. The van der Waals surface area contributed by atoms with Gasteiger partial charge in [-0.15, -0.1) is 0 Å². The first-order chi connectivity index (χ1) is 6.72. The van der Waals surface area contributed by atoms with Gasteiger partial charge in [-0.1, -0.05) is 0 Å². The summed E-state index contributed by atoms with van der Waals surface area (Å²) in [4.78, 5) is 4.52. The van der Waals surface area contributed by atoms with E-state index in [0.717, 1.165) is 17.9 Å². The Morgan fingerprint density at radius 3 is 2.93 bits per heavy atom. The second-order valence-corrected chi connectivity index (χ2v) is 3.61. The van der Waals surface area contributed by atoms with E-state index in [1.54, 1.807) is 0 Å². The van der Waals surface area contributed by atoms with Gasteiger partial charge in [0.2, 0.25) is 0 Å². The van der Waals surface area contributed by atoms with Crippen LogP contribution in [0.25, 0.3) is 5.65 Å². The number of rotatable bonds is 2. The predicted molar refractivity (Wildman–Crippen MR) is 57.4 cm³/mol. The summed E-state index contributed by atoms with van der Waals surface area (Å²) in [5.74, 6) is 0. The Kier molecular flexibility index (Phi) is 2.25. The molecule has 0 unspecified atom stereocenters. The molecule has 0 aliphatic rings. The Labute approximate surface area is 83.8 Å². The van der Waals surface area contributed by atoms with E-state index in [1.807, 2.05) is 7.05 Å². The highest BCUT2D eigenvalue weighted by molar-refractivity contribution is 5.45. The standard InChI is InChI=1S/C11H15N3/c1-8-4-5-14-10(7-12-3)9(2)13-11(14)6-8/h4-6,12H,7H2,1-3H3. The predicted octanol–water partition coefficient (Wildman–Crippen LogP) is 1.67. The largest absolute Gasteiger partial charge is 0.314 e. The van der Waals surface area contributed by atoms with Crippen molar-refractivity contribution in [2.75, 3.05) is 7.05 Å². The third-order valence-corrected chi connectivity index (χ3v) is 2.42. The quantitative estimate of drug-likeness (QED) is 0.778. The van der Waals surface area contributed by atoms with Crippen molar-refractivity contribution < 1.29 is 0 Å². The van der Waals surface area contributed by atoms with Crippen molar-refractivity contribution in [3.8, 4) is 0 Å². The average Bonchev–Trinajstić information content (AvgIpc) is 2.43. The van der Waals surface area contributed by atoms with E-state index in [-0.39, 0.29) is 0 Å². The van der Waals surface area contributed by atoms with Crippen LogP contribution in [0.5, 0.6) is 0 Å². The molecule has 2 rings (SSSR count). The fourth-order valence-electron chi connectivity index (χ4n) is 1.70. The second kappa shape index (κ2) is 3.42. The average molecular weight is 189 g/mol. The Balaban J connectivity index is 2.64. The van der Waals surface area contributed by atoms with Crippen LogP contribution in [0.15, 0.2) is 18.3 Å². The van der Waals surface area contributed by atoms with Crippen molar-refractivity contribution >= 4 is 5.65 Å². The van der Waals surface area contributed by atoms with Crippen LogP contribution in [0.3, 0.4) is 0 Å². The normalized spacial score (nSPS) is 11.1. The fraction of sp³-hybridized carbons (Fsp3) is 0.364. The molecule has 3 nitrogen and oxygen atoms in total. The topological polar surface area (TPSA) is 29.3 Å². The Morgan fingerprint density at radius 2 is 2.21 bits per heavy atom. The maximum absolute atomic E-state index is 4.52. The number of aromatic nitrogens is 2. The van der Waals surface area contributed by atoms with Gasteiger partial charge in [-0.25, -0.2) is 4.98 Å². The second-order valence-electron chi connectivity index (χ2n) is 3.61. The minimum absolute atomic E-state index is 0.857. The minimum atomic E-state index is 0.857. The number of fused-ring (bicyclic) bond motifs is 1. The van der Waals surface area contributed by atoms with Crippen LogP contribution in [-0.2, 0) is 6.54 Å². The maximum Gasteiger partial charge on any atom is 0.137 e. The van der Waals surface area contributed by atoms with Gasteiger partial charge in [0.1, 0.15) is 5.65 Å². The van der Waals surface area contributed by atoms with Gasteiger partial charge in [-0.05, 0) is 38.6 Å². The number of imidazole rings is 1. The van der Waals surface area contributed by atoms with Crippen LogP contribution in [-0.4, -0.2) is 16.4 Å². The smallest absolute Gasteiger partial charge is 0.137 e. The molecule has 0 aliphatic heterocycles. The SMILES string of the molecule is CNCc1c(C)nc2cc(C)ccn12. The van der Waals surface area contributed by atoms with Gasteiger partial charge in [-0.2, -0.15) is 0 Å². The van der Waals surface area contributed by atoms with Crippen molar-refractivity contribution in [3.05, 3.63) is 35.3 Å². The molecule has 1 N–H and O–H groups in total. The minimum Gasteiger partial charge on any atom is -0.314 e. The third-order valence-electron chi connectivity index (χ3n) is 2.42. The van der Waals surface area contributed by atoms with Crippen molar-refractivity contribution in [3.63, 3.8) is 0 Å². The molecule has 2 aromatic rings. The van der Waals surface area contributed by atoms with Crippen LogP contribution >= 0.6 is 0 Å². The summed E-state index contributed by atoms with van der Waals surface area (Å²) in [6, 6.07) is 4.21. The van der Waals surface area contributed by atoms with E-state index in [4.69, 9.17) is 0 Å². The number of nitrogens with zero attached hydrogens (tertiary/aromatic N) is 2. The van der Waals surface area contributed by atoms with E-state index in [2.05, 4.69) is 46.9 Å². The summed E-state index contributed by atoms with van der Waals surface area (Å²) in [5, 5.41) is 3.16. The molecule has 2 aromatic heterocycles. The van der Waals surface area contributed by atoms with Crippen LogP contribution in [0.1, 0.15) is 17.0 Å². The van der Waals surface area contributed by atoms with E-state index >= 15 is 0 Å². The number of aryl methyl sites for hydroxylation is 2. The molecule has 0 saturated carbocycles. The molecule has 14 heavy (non-hydrogen) atoms. The molecular weight excluding hydrogens is 174 g/mol. The number of nitrogens with one attached hydrogen (secondary N) is 1. The molecule has 2 heterocycles. The summed E-state index contributed by atoms with van der Waals surface area (Å²) in [6.07, 6.45) is 2.08. The summed E-state index contributed by atoms with van der Waals surface area (Å²) < 4.78 is 2.14. The molecule has 0 fully saturated rings. The van der Waals surface area contributed by atoms with E-state index in [9.17, 15) is 0 Å². The number of pyridine rings is 1. The lowest BCUT2D eigenvalue weighted by molar-refractivity contribution is 0.775. The molecule has 0 aliphatic carbocycles. The van der Waals surface area contributed by atoms with Gasteiger partial charge in [0.05, 0.1) is 11.4 Å². The molecule has 0 spiro atoms. The van der Waals surface area contributed by atoms with Crippen LogP contribution in [0, 0.1) is 13.8 Å². The summed E-state index contributed by atoms with van der Waals surface area (Å²) in [6.45, 7) is 4.99. The molecule has 0 aromatic carbocycles. The lowest BCUT2D eigenvalue weighted by atomic mass is 10.3. The van der Waals surface area contributed by atoms with Gasteiger partial charge in [-0.3, -0.25) is 0 Å². The maximum atomic E-state index is 4.52. The summed E-state index contributed by atoms with van der Waals surface area (Å²) in [7, 11) is 1.95. The van der Waals surface area contributed by atoms with Crippen molar-refractivity contribution in [1.82, 2.24) is 14.7 Å². The first kappa shape index (κ1) is 9.21. The Bertz CT molecular complexity index is 457. The highest BCUT2D eigenvalue weighted by Crippen LogP contribution is 2.12. The molecule has 0 bridgehead atoms. The van der Waals surface area contributed by atoms with E-state index < -0.39 is 0 Å². The third kappa shape index (κ3) is 1.40. The Hall–Kier alpha value is -1.35. The zero-order chi connectivity index (χ0) is 10.1. The van der Waals surface area contributed by atoms with Crippen LogP contribution in [0.2, 0.25) is 0 Å². The molecule has 0 atom stereocenters. The molecule has 3 heteroatoms. The molecule has 0 saturated heterocycles. The molecular formula is C11H15N3. The summed E-state index contributed by atoms with van der Waals surface area (Å²) >= 11 is 0. The highest BCUT2D eigenvalue weighted by atomic mass is 15.0. The van der Waals surface area contributed by atoms with E-state index in [0.29, 0.717) is 0 Å². The van der Waals surface area contributed by atoms with Crippen LogP contribution in [0.4, 0.5) is 0 Å². The van der Waals surface area contributed by atoms with Gasteiger partial charge in [0, 0.05) is 12.7 Å². The molecule has 74 valence electrons. The first-order valence-electron chi connectivity index (χ1n) is 4.81. The van der Waals surface area contributed by atoms with Crippen molar-refractivity contribution in [2.24, 2.45) is 0 Å². The highest BCUT2D eigenvalue weighted by Gasteiger charge is 2.06. The zero-order valence-electron chi connectivity index (χ0n) is 8.83. The van der Waals surface area contributed by atoms with Gasteiger partial charge >= 0.3 is 0 Å². The number of hydrogen-bond acceptors (Lipinski definition) is 2. The zero-order valence-corrected chi connectivity index (χ0v) is 8.83. The lowest BCUT2D eigenvalue weighted by Gasteiger charge is -2.01. The monoisotopic (exact) mass is 189 g/mol. The molecule has 0 amide bonds. The van der Waals surface area contributed by atoms with Gasteiger partial charge < -0.3 is 9.72 Å². The van der Waals surface area contributed by atoms with Gasteiger partial charge in [0.25, 0.3) is 0 Å². The van der Waals surface area contributed by atoms with E-state index in [1.165, 1.54) is 11.3 Å². The lowest BCUT2D eigenvalue weighted by Crippen LogP contribution is -2.08. The summed E-state index contributed by atoms with van der Waals surface area (Å²) in [5.41, 5.74) is 4.62. The Morgan fingerprint density at radius 1 is 1.43 bits per heavy atom. The fourth-order valence-corrected chi connectivity index (χ4v) is 1.70. The van der Waals surface area contributed by atoms with Crippen LogP contribution < -0.4 is 5.32 Å².